The highest BCUT2D eigenvalue weighted by Gasteiger charge is 2.28. The number of halogens is 1. The third-order valence-corrected chi connectivity index (χ3v) is 2.59. The van der Waals surface area contributed by atoms with Crippen LogP contribution in [0.4, 0.5) is 0 Å². The Bertz CT molecular complexity index is 372. The second-order valence-corrected chi connectivity index (χ2v) is 6.35. The van der Waals surface area contributed by atoms with Crippen LogP contribution in [-0.4, -0.2) is 42.2 Å². The van der Waals surface area contributed by atoms with Crippen LogP contribution < -0.4 is 5.73 Å². The molecule has 0 bridgehead atoms. The molecule has 0 aliphatic rings. The van der Waals surface area contributed by atoms with Crippen molar-refractivity contribution in [1.29, 1.82) is 0 Å². The smallest absolute Gasteiger partial charge is 0.306 e. The van der Waals surface area contributed by atoms with E-state index in [-0.39, 0.29) is 37.2 Å². The number of ether oxygens (including phenoxy) is 1. The van der Waals surface area contributed by atoms with Crippen LogP contribution in [0.2, 0.25) is 0 Å². The van der Waals surface area contributed by atoms with Crippen LogP contribution in [0.25, 0.3) is 0 Å². The van der Waals surface area contributed by atoms with Crippen molar-refractivity contribution in [3.63, 3.8) is 0 Å². The van der Waals surface area contributed by atoms with Gasteiger partial charge >= 0.3 is 11.9 Å². The Labute approximate surface area is 137 Å². The second kappa shape index (κ2) is 11.2. The lowest BCUT2D eigenvalue weighted by Crippen LogP contribution is -2.26. The molecule has 22 heavy (non-hydrogen) atoms. The van der Waals surface area contributed by atoms with Gasteiger partial charge in [-0.3, -0.25) is 19.7 Å². The molecule has 9 heteroatoms. The summed E-state index contributed by atoms with van der Waals surface area (Å²) in [5.74, 6) is -1.20. The van der Waals surface area contributed by atoms with Crippen molar-refractivity contribution in [1.82, 2.24) is 0 Å². The number of hydrogen-bond donors (Lipinski definition) is 2. The van der Waals surface area contributed by atoms with Gasteiger partial charge in [0.25, 0.3) is 0 Å². The van der Waals surface area contributed by atoms with E-state index in [0.717, 1.165) is 0 Å². The highest BCUT2D eigenvalue weighted by atomic mass is 35.5. The van der Waals surface area contributed by atoms with Gasteiger partial charge in [0, 0.05) is 10.3 Å². The number of hydrogen-bond acceptors (Lipinski definition) is 6. The standard InChI is InChI=1S/C7H13NO4.C6H13NO2.ClH/c1-7(2,5-8(10)11)4-6(9)12-3;1-6(2,4-7)3-5(8)9;/h4-5H2,1-3H3;3-4,7H2,1-2H3,(H,8,9);1H. The fourth-order valence-corrected chi connectivity index (χ4v) is 1.35. The number of esters is 1. The van der Waals surface area contributed by atoms with Gasteiger partial charge in [-0.1, -0.05) is 27.7 Å². The van der Waals surface area contributed by atoms with Crippen molar-refractivity contribution in [3.05, 3.63) is 10.1 Å². The number of nitrogens with zero attached hydrogens (tertiary/aromatic N) is 1. The Hall–Kier alpha value is -1.41. The lowest BCUT2D eigenvalue weighted by Gasteiger charge is -2.18. The molecule has 0 saturated carbocycles. The Morgan fingerprint density at radius 3 is 1.86 bits per heavy atom. The molecule has 0 amide bonds. The summed E-state index contributed by atoms with van der Waals surface area (Å²) in [6.45, 7) is 7.18. The molecule has 0 atom stereocenters. The minimum Gasteiger partial charge on any atom is -0.481 e. The molecular formula is C13H27ClN2O6. The molecule has 0 rings (SSSR count). The molecule has 0 aromatic rings. The molecular weight excluding hydrogens is 316 g/mol. The first-order chi connectivity index (χ1) is 9.35. The van der Waals surface area contributed by atoms with Crippen LogP contribution in [0.5, 0.6) is 0 Å². The molecule has 0 spiro atoms. The summed E-state index contributed by atoms with van der Waals surface area (Å²) in [7, 11) is 1.27. The van der Waals surface area contributed by atoms with Crippen molar-refractivity contribution in [2.75, 3.05) is 20.2 Å². The number of carboxylic acid groups (broad SMARTS) is 1. The fraction of sp³-hybridized carbons (Fsp3) is 0.846. The quantitative estimate of drug-likeness (QED) is 0.408. The van der Waals surface area contributed by atoms with Crippen LogP contribution in [0, 0.1) is 20.9 Å². The number of carboxylic acids is 1. The SMILES string of the molecule is CC(C)(CN)CC(=O)O.COC(=O)CC(C)(C)C[N+](=O)[O-].Cl. The van der Waals surface area contributed by atoms with Crippen molar-refractivity contribution in [2.45, 2.75) is 40.5 Å². The first kappa shape index (κ1) is 25.5. The molecule has 0 radical (unpaired) electrons. The molecule has 0 aromatic carbocycles. The number of nitrogens with two attached hydrogens (primary N) is 1. The minimum atomic E-state index is -0.787. The summed E-state index contributed by atoms with van der Waals surface area (Å²) < 4.78 is 4.41. The number of aliphatic carboxylic acids is 1. The van der Waals surface area contributed by atoms with Crippen molar-refractivity contribution < 1.29 is 24.4 Å². The van der Waals surface area contributed by atoms with E-state index in [9.17, 15) is 19.7 Å². The topological polar surface area (TPSA) is 133 Å². The summed E-state index contributed by atoms with van der Waals surface area (Å²) in [4.78, 5) is 30.6. The van der Waals surface area contributed by atoms with Gasteiger partial charge < -0.3 is 15.6 Å². The Kier molecular flexibility index (Phi) is 13.0. The number of rotatable bonds is 7. The molecule has 0 aliphatic heterocycles. The summed E-state index contributed by atoms with van der Waals surface area (Å²) in [6, 6.07) is 0. The van der Waals surface area contributed by atoms with Gasteiger partial charge in [0.2, 0.25) is 6.54 Å². The predicted octanol–water partition coefficient (Wildman–Crippen LogP) is 1.72. The Balaban J connectivity index is -0.000000326. The van der Waals surface area contributed by atoms with Crippen LogP contribution >= 0.6 is 12.4 Å². The van der Waals surface area contributed by atoms with Gasteiger partial charge in [-0.05, 0) is 12.0 Å². The zero-order valence-electron chi connectivity index (χ0n) is 13.7. The summed E-state index contributed by atoms with van der Waals surface area (Å²) in [6.07, 6.45) is 0.216. The van der Waals surface area contributed by atoms with Gasteiger partial charge in [0.15, 0.2) is 0 Å². The normalized spacial score (nSPS) is 10.6. The average Bonchev–Trinajstić information content (AvgIpc) is 2.25. The molecule has 0 heterocycles. The molecule has 8 nitrogen and oxygen atoms in total. The third kappa shape index (κ3) is 16.6. The maximum Gasteiger partial charge on any atom is 0.306 e. The minimum absolute atomic E-state index is 0. The van der Waals surface area contributed by atoms with Crippen LogP contribution in [-0.2, 0) is 14.3 Å². The van der Waals surface area contributed by atoms with E-state index in [1.54, 1.807) is 13.8 Å². The maximum absolute atomic E-state index is 10.8. The highest BCUT2D eigenvalue weighted by molar-refractivity contribution is 5.85. The van der Waals surface area contributed by atoms with E-state index in [4.69, 9.17) is 10.8 Å². The monoisotopic (exact) mass is 342 g/mol. The van der Waals surface area contributed by atoms with E-state index >= 15 is 0 Å². The van der Waals surface area contributed by atoms with E-state index in [1.165, 1.54) is 7.11 Å². The van der Waals surface area contributed by atoms with Gasteiger partial charge in [0.05, 0.1) is 20.0 Å². The highest BCUT2D eigenvalue weighted by Crippen LogP contribution is 2.20. The van der Waals surface area contributed by atoms with E-state index in [2.05, 4.69) is 4.74 Å². The number of nitro groups is 1. The van der Waals surface area contributed by atoms with Crippen molar-refractivity contribution >= 4 is 24.3 Å². The van der Waals surface area contributed by atoms with Crippen LogP contribution in [0.15, 0.2) is 0 Å². The van der Waals surface area contributed by atoms with Gasteiger partial charge in [-0.2, -0.15) is 0 Å². The van der Waals surface area contributed by atoms with Crippen LogP contribution in [0.3, 0.4) is 0 Å². The van der Waals surface area contributed by atoms with Crippen molar-refractivity contribution in [3.8, 4) is 0 Å². The molecule has 132 valence electrons. The Morgan fingerprint density at radius 2 is 1.64 bits per heavy atom. The molecule has 0 aromatic heterocycles. The van der Waals surface area contributed by atoms with E-state index in [0.29, 0.717) is 6.54 Å². The second-order valence-electron chi connectivity index (χ2n) is 6.35. The predicted molar refractivity (Wildman–Crippen MR) is 84.6 cm³/mol. The zero-order chi connectivity index (χ0) is 17.3. The number of carbonyl (C=O) groups excluding carboxylic acids is 1. The third-order valence-electron chi connectivity index (χ3n) is 2.59. The van der Waals surface area contributed by atoms with Crippen LogP contribution in [0.1, 0.15) is 40.5 Å². The molecule has 3 N–H and O–H groups in total. The molecule has 0 aliphatic carbocycles. The molecule has 0 unspecified atom stereocenters. The summed E-state index contributed by atoms with van der Waals surface area (Å²) >= 11 is 0. The molecule has 0 fully saturated rings. The zero-order valence-corrected chi connectivity index (χ0v) is 14.6. The number of methoxy groups -OCH3 is 1. The van der Waals surface area contributed by atoms with Gasteiger partial charge in [0.1, 0.15) is 0 Å². The largest absolute Gasteiger partial charge is 0.481 e. The fourth-order valence-electron chi connectivity index (χ4n) is 1.35. The van der Waals surface area contributed by atoms with Crippen molar-refractivity contribution in [2.24, 2.45) is 16.6 Å². The average molecular weight is 343 g/mol. The summed E-state index contributed by atoms with van der Waals surface area (Å²) in [5, 5.41) is 18.5. The number of carbonyl (C=O) groups is 2. The lowest BCUT2D eigenvalue weighted by molar-refractivity contribution is -0.495. The van der Waals surface area contributed by atoms with E-state index in [1.807, 2.05) is 13.8 Å². The van der Waals surface area contributed by atoms with Gasteiger partial charge in [-0.25, -0.2) is 0 Å². The summed E-state index contributed by atoms with van der Waals surface area (Å²) in [5.41, 5.74) is 4.40. The Morgan fingerprint density at radius 1 is 1.18 bits per heavy atom. The molecule has 0 saturated heterocycles. The van der Waals surface area contributed by atoms with E-state index < -0.39 is 22.3 Å². The van der Waals surface area contributed by atoms with Gasteiger partial charge in [-0.15, -0.1) is 12.4 Å². The first-order valence-corrected chi connectivity index (χ1v) is 6.46. The lowest BCUT2D eigenvalue weighted by atomic mass is 9.90. The first-order valence-electron chi connectivity index (χ1n) is 6.46. The maximum atomic E-state index is 10.8.